The molecule has 0 radical (unpaired) electrons. The smallest absolute Gasteiger partial charge is 0.335 e. The number of aromatic carboxylic acids is 1. The van der Waals surface area contributed by atoms with E-state index in [0.29, 0.717) is 11.6 Å². The largest absolute Gasteiger partial charge is 0.478 e. The van der Waals surface area contributed by atoms with Crippen LogP contribution in [0.2, 0.25) is 0 Å². The van der Waals surface area contributed by atoms with Crippen LogP contribution >= 0.6 is 0 Å². The van der Waals surface area contributed by atoms with Crippen LogP contribution < -0.4 is 10.2 Å². The zero-order valence-corrected chi connectivity index (χ0v) is 14.4. The molecule has 2 N–H and O–H groups in total. The molecule has 0 bridgehead atoms. The predicted octanol–water partition coefficient (Wildman–Crippen LogP) is 4.06. The van der Waals surface area contributed by atoms with Crippen molar-refractivity contribution >= 4 is 34.3 Å². The minimum Gasteiger partial charge on any atom is -0.478 e. The Labute approximate surface area is 151 Å². The second-order valence-electron chi connectivity index (χ2n) is 6.45. The lowest BCUT2D eigenvalue weighted by Crippen LogP contribution is -2.30. The Morgan fingerprint density at radius 2 is 1.81 bits per heavy atom. The Morgan fingerprint density at radius 1 is 1.00 bits per heavy atom. The van der Waals surface area contributed by atoms with Gasteiger partial charge in [-0.15, -0.1) is 0 Å². The van der Waals surface area contributed by atoms with E-state index in [4.69, 9.17) is 10.1 Å². The number of fused-ring (bicyclic) bond motifs is 1. The Kier molecular flexibility index (Phi) is 4.39. The number of carbonyl (C=O) groups is 1. The summed E-state index contributed by atoms with van der Waals surface area (Å²) in [7, 11) is 0. The van der Waals surface area contributed by atoms with Crippen LogP contribution in [0.15, 0.2) is 48.5 Å². The van der Waals surface area contributed by atoms with Crippen LogP contribution in [0.1, 0.15) is 29.6 Å². The number of rotatable bonds is 4. The highest BCUT2D eigenvalue weighted by molar-refractivity contribution is 5.91. The molecule has 0 saturated carbocycles. The van der Waals surface area contributed by atoms with E-state index in [2.05, 4.69) is 15.2 Å². The number of nitrogens with zero attached hydrogens (tertiary/aromatic N) is 3. The lowest BCUT2D eigenvalue weighted by molar-refractivity contribution is 0.0697. The van der Waals surface area contributed by atoms with Gasteiger partial charge in [0.2, 0.25) is 5.95 Å². The fourth-order valence-corrected chi connectivity index (χ4v) is 3.32. The van der Waals surface area contributed by atoms with E-state index in [1.807, 2.05) is 30.3 Å². The van der Waals surface area contributed by atoms with Crippen LogP contribution in [-0.4, -0.2) is 34.1 Å². The van der Waals surface area contributed by atoms with Gasteiger partial charge in [-0.25, -0.2) is 9.78 Å². The van der Waals surface area contributed by atoms with Gasteiger partial charge in [-0.3, -0.25) is 0 Å². The van der Waals surface area contributed by atoms with E-state index in [9.17, 15) is 4.79 Å². The van der Waals surface area contributed by atoms with Gasteiger partial charge in [0.25, 0.3) is 0 Å². The minimum absolute atomic E-state index is 0.229. The zero-order valence-electron chi connectivity index (χ0n) is 14.4. The highest BCUT2D eigenvalue weighted by Crippen LogP contribution is 2.28. The Morgan fingerprint density at radius 3 is 2.62 bits per heavy atom. The average molecular weight is 348 g/mol. The van der Waals surface area contributed by atoms with Crippen molar-refractivity contribution in [2.45, 2.75) is 19.3 Å². The molecule has 1 aromatic heterocycles. The van der Waals surface area contributed by atoms with Crippen molar-refractivity contribution in [1.82, 2.24) is 9.97 Å². The molecule has 0 aliphatic carbocycles. The van der Waals surface area contributed by atoms with Gasteiger partial charge >= 0.3 is 5.97 Å². The molecule has 1 saturated heterocycles. The lowest BCUT2D eigenvalue weighted by Gasteiger charge is -2.29. The number of carboxylic acids is 1. The molecule has 132 valence electrons. The molecule has 0 atom stereocenters. The van der Waals surface area contributed by atoms with Gasteiger partial charge in [0, 0.05) is 24.2 Å². The van der Waals surface area contributed by atoms with E-state index in [1.165, 1.54) is 19.3 Å². The lowest BCUT2D eigenvalue weighted by atomic mass is 10.1. The van der Waals surface area contributed by atoms with Gasteiger partial charge < -0.3 is 15.3 Å². The number of aromatic nitrogens is 2. The number of hydrogen-bond donors (Lipinski definition) is 2. The first-order valence-electron chi connectivity index (χ1n) is 8.83. The summed E-state index contributed by atoms with van der Waals surface area (Å²) in [5.74, 6) is 0.459. The van der Waals surface area contributed by atoms with E-state index in [-0.39, 0.29) is 5.56 Å². The first-order chi connectivity index (χ1) is 12.7. The molecular weight excluding hydrogens is 328 g/mol. The van der Waals surface area contributed by atoms with Gasteiger partial charge in [-0.1, -0.05) is 18.2 Å². The van der Waals surface area contributed by atoms with Crippen molar-refractivity contribution < 1.29 is 9.90 Å². The van der Waals surface area contributed by atoms with E-state index in [1.54, 1.807) is 18.2 Å². The normalized spacial score (nSPS) is 14.4. The molecule has 4 rings (SSSR count). The monoisotopic (exact) mass is 348 g/mol. The molecule has 26 heavy (non-hydrogen) atoms. The summed E-state index contributed by atoms with van der Waals surface area (Å²) in [5, 5.41) is 13.4. The Balaban J connectivity index is 1.73. The van der Waals surface area contributed by atoms with Gasteiger partial charge in [0.05, 0.1) is 11.1 Å². The van der Waals surface area contributed by atoms with Crippen molar-refractivity contribution in [2.75, 3.05) is 23.3 Å². The third kappa shape index (κ3) is 3.31. The molecule has 6 nitrogen and oxygen atoms in total. The third-order valence-electron chi connectivity index (χ3n) is 4.60. The number of anilines is 3. The van der Waals surface area contributed by atoms with Crippen molar-refractivity contribution in [3.8, 4) is 0 Å². The Hall–Kier alpha value is -3.15. The van der Waals surface area contributed by atoms with Crippen LogP contribution in [-0.2, 0) is 0 Å². The van der Waals surface area contributed by atoms with Crippen LogP contribution in [0.4, 0.5) is 17.5 Å². The summed E-state index contributed by atoms with van der Waals surface area (Å²) in [6.45, 7) is 1.99. The number of carboxylic acid groups (broad SMARTS) is 1. The fourth-order valence-electron chi connectivity index (χ4n) is 3.32. The van der Waals surface area contributed by atoms with Gasteiger partial charge in [-0.2, -0.15) is 4.98 Å². The predicted molar refractivity (Wildman–Crippen MR) is 102 cm³/mol. The summed E-state index contributed by atoms with van der Waals surface area (Å²) in [4.78, 5) is 22.8. The summed E-state index contributed by atoms with van der Waals surface area (Å²) < 4.78 is 0. The quantitative estimate of drug-likeness (QED) is 0.740. The summed E-state index contributed by atoms with van der Waals surface area (Å²) in [6, 6.07) is 14.7. The molecule has 0 spiro atoms. The number of hydrogen-bond acceptors (Lipinski definition) is 5. The van der Waals surface area contributed by atoms with Crippen molar-refractivity contribution in [3.05, 3.63) is 54.1 Å². The number of para-hydroxylation sites is 1. The summed E-state index contributed by atoms with van der Waals surface area (Å²) in [5.41, 5.74) is 1.76. The van der Waals surface area contributed by atoms with Crippen LogP contribution in [0.25, 0.3) is 10.9 Å². The van der Waals surface area contributed by atoms with Gasteiger partial charge in [0.1, 0.15) is 5.82 Å². The van der Waals surface area contributed by atoms with Crippen molar-refractivity contribution in [2.24, 2.45) is 0 Å². The molecule has 2 aromatic carbocycles. The van der Waals surface area contributed by atoms with Crippen LogP contribution in [0.5, 0.6) is 0 Å². The summed E-state index contributed by atoms with van der Waals surface area (Å²) >= 11 is 0. The number of piperidine rings is 1. The summed E-state index contributed by atoms with van der Waals surface area (Å²) in [6.07, 6.45) is 3.59. The second-order valence-corrected chi connectivity index (χ2v) is 6.45. The number of benzene rings is 2. The molecule has 0 amide bonds. The van der Waals surface area contributed by atoms with E-state index >= 15 is 0 Å². The maximum atomic E-state index is 11.2. The standard InChI is InChI=1S/C20H20N4O2/c25-19(26)14-7-6-8-15(13-14)21-20-22-17-10-3-2-9-16(17)18(23-20)24-11-4-1-5-12-24/h2-3,6-10,13H,1,4-5,11-12H2,(H,25,26)(H,21,22,23). The molecule has 1 aliphatic rings. The fraction of sp³-hybridized carbons (Fsp3) is 0.250. The highest BCUT2D eigenvalue weighted by Gasteiger charge is 2.17. The van der Waals surface area contributed by atoms with Gasteiger partial charge in [0.15, 0.2) is 0 Å². The highest BCUT2D eigenvalue weighted by atomic mass is 16.4. The maximum absolute atomic E-state index is 11.2. The van der Waals surface area contributed by atoms with Gasteiger partial charge in [-0.05, 0) is 49.6 Å². The molecule has 6 heteroatoms. The topological polar surface area (TPSA) is 78.3 Å². The minimum atomic E-state index is -0.956. The zero-order chi connectivity index (χ0) is 17.9. The molecular formula is C20H20N4O2. The maximum Gasteiger partial charge on any atom is 0.335 e. The number of nitrogens with one attached hydrogen (secondary N) is 1. The SMILES string of the molecule is O=C(O)c1cccc(Nc2nc(N3CCCCC3)c3ccccc3n2)c1. The molecule has 0 unspecified atom stereocenters. The van der Waals surface area contributed by atoms with Crippen molar-refractivity contribution in [1.29, 1.82) is 0 Å². The first kappa shape index (κ1) is 16.3. The van der Waals surface area contributed by atoms with E-state index in [0.717, 1.165) is 29.8 Å². The second kappa shape index (κ2) is 7.00. The first-order valence-corrected chi connectivity index (χ1v) is 8.83. The molecule has 3 aromatic rings. The van der Waals surface area contributed by atoms with Crippen molar-refractivity contribution in [3.63, 3.8) is 0 Å². The Bertz CT molecular complexity index is 951. The molecule has 2 heterocycles. The molecule has 1 fully saturated rings. The van der Waals surface area contributed by atoms with Crippen LogP contribution in [0, 0.1) is 0 Å². The van der Waals surface area contributed by atoms with E-state index < -0.39 is 5.97 Å². The molecule has 1 aliphatic heterocycles. The van der Waals surface area contributed by atoms with Crippen LogP contribution in [0.3, 0.4) is 0 Å². The average Bonchev–Trinajstić information content (AvgIpc) is 2.68. The third-order valence-corrected chi connectivity index (χ3v) is 4.60.